The first-order valence-electron chi connectivity index (χ1n) is 5.61. The van der Waals surface area contributed by atoms with Gasteiger partial charge in [0, 0.05) is 24.8 Å². The van der Waals surface area contributed by atoms with Gasteiger partial charge < -0.3 is 15.3 Å². The van der Waals surface area contributed by atoms with Gasteiger partial charge in [0.2, 0.25) is 0 Å². The standard InChI is InChI=1S/C12H15FN2O2/c13-9-1-3-11(4-2-9)15-6-5-10(8-15)14-7-12(16)17/h1-4,10,14H,5-8H2,(H,16,17). The highest BCUT2D eigenvalue weighted by atomic mass is 19.1. The van der Waals surface area contributed by atoms with Crippen molar-refractivity contribution < 1.29 is 14.3 Å². The minimum absolute atomic E-state index is 0.0120. The van der Waals surface area contributed by atoms with E-state index >= 15 is 0 Å². The van der Waals surface area contributed by atoms with Crippen LogP contribution in [0.3, 0.4) is 0 Å². The van der Waals surface area contributed by atoms with Gasteiger partial charge >= 0.3 is 5.97 Å². The van der Waals surface area contributed by atoms with E-state index in [9.17, 15) is 9.18 Å². The first-order valence-corrected chi connectivity index (χ1v) is 5.61. The Hall–Kier alpha value is -1.62. The average Bonchev–Trinajstić information content (AvgIpc) is 2.76. The number of aliphatic carboxylic acids is 1. The molecule has 0 aliphatic carbocycles. The number of benzene rings is 1. The van der Waals surface area contributed by atoms with Crippen molar-refractivity contribution in [3.05, 3.63) is 30.1 Å². The molecule has 0 amide bonds. The van der Waals surface area contributed by atoms with E-state index in [1.807, 2.05) is 0 Å². The number of hydrogen-bond donors (Lipinski definition) is 2. The molecule has 1 aromatic carbocycles. The van der Waals surface area contributed by atoms with Crippen molar-refractivity contribution in [2.75, 3.05) is 24.5 Å². The maximum absolute atomic E-state index is 12.8. The van der Waals surface area contributed by atoms with Gasteiger partial charge in [0.1, 0.15) is 5.82 Å². The summed E-state index contributed by atoms with van der Waals surface area (Å²) >= 11 is 0. The minimum atomic E-state index is -0.842. The van der Waals surface area contributed by atoms with Gasteiger partial charge in [-0.1, -0.05) is 0 Å². The number of carboxylic acids is 1. The van der Waals surface area contributed by atoms with E-state index < -0.39 is 5.97 Å². The van der Waals surface area contributed by atoms with Gasteiger partial charge in [0.05, 0.1) is 6.54 Å². The molecule has 5 heteroatoms. The number of hydrogen-bond acceptors (Lipinski definition) is 3. The topological polar surface area (TPSA) is 52.6 Å². The van der Waals surface area contributed by atoms with E-state index in [4.69, 9.17) is 5.11 Å². The monoisotopic (exact) mass is 238 g/mol. The lowest BCUT2D eigenvalue weighted by molar-refractivity contribution is -0.136. The maximum Gasteiger partial charge on any atom is 0.317 e. The van der Waals surface area contributed by atoms with Crippen LogP contribution in [0.1, 0.15) is 6.42 Å². The Kier molecular flexibility index (Phi) is 3.58. The van der Waals surface area contributed by atoms with Crippen molar-refractivity contribution >= 4 is 11.7 Å². The van der Waals surface area contributed by atoms with Crippen LogP contribution in [0.15, 0.2) is 24.3 Å². The molecule has 2 rings (SSSR count). The molecule has 1 atom stereocenters. The summed E-state index contributed by atoms with van der Waals surface area (Å²) in [5.41, 5.74) is 0.978. The van der Waals surface area contributed by atoms with Crippen LogP contribution >= 0.6 is 0 Å². The molecule has 1 heterocycles. The molecule has 2 N–H and O–H groups in total. The molecule has 0 spiro atoms. The lowest BCUT2D eigenvalue weighted by Crippen LogP contribution is -2.35. The lowest BCUT2D eigenvalue weighted by atomic mass is 10.2. The summed E-state index contributed by atoms with van der Waals surface area (Å²) in [6, 6.07) is 6.56. The molecule has 0 radical (unpaired) electrons. The zero-order chi connectivity index (χ0) is 12.3. The number of halogens is 1. The number of carboxylic acid groups (broad SMARTS) is 1. The SMILES string of the molecule is O=C(O)CNC1CCN(c2ccc(F)cc2)C1. The molecule has 0 aromatic heterocycles. The fourth-order valence-electron chi connectivity index (χ4n) is 2.04. The molecule has 4 nitrogen and oxygen atoms in total. The molecule has 0 bridgehead atoms. The second-order valence-corrected chi connectivity index (χ2v) is 4.18. The van der Waals surface area contributed by atoms with Crippen LogP contribution in [-0.4, -0.2) is 36.8 Å². The Morgan fingerprint density at radius 1 is 1.47 bits per heavy atom. The first kappa shape index (κ1) is 11.9. The third-order valence-electron chi connectivity index (χ3n) is 2.92. The number of nitrogens with zero attached hydrogens (tertiary/aromatic N) is 1. The van der Waals surface area contributed by atoms with Crippen LogP contribution in [0, 0.1) is 5.82 Å². The molecule has 0 saturated carbocycles. The van der Waals surface area contributed by atoms with Gasteiger partial charge in [0.25, 0.3) is 0 Å². The highest BCUT2D eigenvalue weighted by Gasteiger charge is 2.22. The van der Waals surface area contributed by atoms with E-state index in [1.165, 1.54) is 12.1 Å². The largest absolute Gasteiger partial charge is 0.480 e. The van der Waals surface area contributed by atoms with Crippen molar-refractivity contribution in [1.29, 1.82) is 0 Å². The van der Waals surface area contributed by atoms with Gasteiger partial charge in [0.15, 0.2) is 0 Å². The lowest BCUT2D eigenvalue weighted by Gasteiger charge is -2.18. The Morgan fingerprint density at radius 2 is 2.18 bits per heavy atom. The predicted octanol–water partition coefficient (Wildman–Crippen LogP) is 1.08. The van der Waals surface area contributed by atoms with Crippen LogP contribution in [0.5, 0.6) is 0 Å². The summed E-state index contributed by atoms with van der Waals surface area (Å²) < 4.78 is 12.8. The van der Waals surface area contributed by atoms with E-state index in [0.29, 0.717) is 0 Å². The highest BCUT2D eigenvalue weighted by molar-refractivity contribution is 5.69. The highest BCUT2D eigenvalue weighted by Crippen LogP contribution is 2.20. The Morgan fingerprint density at radius 3 is 2.82 bits per heavy atom. The first-order chi connectivity index (χ1) is 8.15. The third-order valence-corrected chi connectivity index (χ3v) is 2.92. The number of anilines is 1. The van der Waals surface area contributed by atoms with E-state index in [0.717, 1.165) is 25.2 Å². The summed E-state index contributed by atoms with van der Waals surface area (Å²) in [5, 5.41) is 11.5. The molecule has 1 unspecified atom stereocenters. The van der Waals surface area contributed by atoms with E-state index in [1.54, 1.807) is 12.1 Å². The van der Waals surface area contributed by atoms with Gasteiger partial charge in [-0.25, -0.2) is 4.39 Å². The normalized spacial score (nSPS) is 19.6. The molecule has 92 valence electrons. The van der Waals surface area contributed by atoms with Crippen molar-refractivity contribution in [3.8, 4) is 0 Å². The van der Waals surface area contributed by atoms with E-state index in [-0.39, 0.29) is 18.4 Å². The van der Waals surface area contributed by atoms with Crippen molar-refractivity contribution in [1.82, 2.24) is 5.32 Å². The maximum atomic E-state index is 12.8. The van der Waals surface area contributed by atoms with Crippen LogP contribution in [0.2, 0.25) is 0 Å². The van der Waals surface area contributed by atoms with Gasteiger partial charge in [-0.05, 0) is 30.7 Å². The van der Waals surface area contributed by atoms with Crippen LogP contribution in [0.25, 0.3) is 0 Å². The molecule has 1 saturated heterocycles. The molecule has 1 aliphatic heterocycles. The zero-order valence-electron chi connectivity index (χ0n) is 9.40. The zero-order valence-corrected chi connectivity index (χ0v) is 9.40. The van der Waals surface area contributed by atoms with Gasteiger partial charge in [-0.3, -0.25) is 4.79 Å². The number of carbonyl (C=O) groups is 1. The second kappa shape index (κ2) is 5.14. The van der Waals surface area contributed by atoms with Crippen molar-refractivity contribution in [3.63, 3.8) is 0 Å². The smallest absolute Gasteiger partial charge is 0.317 e. The fraction of sp³-hybridized carbons (Fsp3) is 0.417. The van der Waals surface area contributed by atoms with Gasteiger partial charge in [-0.15, -0.1) is 0 Å². The quantitative estimate of drug-likeness (QED) is 0.824. The Balaban J connectivity index is 1.89. The van der Waals surface area contributed by atoms with Gasteiger partial charge in [-0.2, -0.15) is 0 Å². The fourth-order valence-corrected chi connectivity index (χ4v) is 2.04. The Labute approximate surface area is 99.0 Å². The molecule has 17 heavy (non-hydrogen) atoms. The molecule has 1 aliphatic rings. The predicted molar refractivity (Wildman–Crippen MR) is 62.7 cm³/mol. The van der Waals surface area contributed by atoms with Crippen molar-refractivity contribution in [2.45, 2.75) is 12.5 Å². The minimum Gasteiger partial charge on any atom is -0.480 e. The van der Waals surface area contributed by atoms with Crippen molar-refractivity contribution in [2.24, 2.45) is 0 Å². The number of nitrogens with one attached hydrogen (secondary N) is 1. The molecule has 1 aromatic rings. The van der Waals surface area contributed by atoms with Crippen LogP contribution in [-0.2, 0) is 4.79 Å². The Bertz CT molecular complexity index is 394. The summed E-state index contributed by atoms with van der Waals surface area (Å²) in [4.78, 5) is 12.6. The number of rotatable bonds is 4. The second-order valence-electron chi connectivity index (χ2n) is 4.18. The summed E-state index contributed by atoms with van der Waals surface area (Å²) in [6.07, 6.45) is 0.907. The van der Waals surface area contributed by atoms with Crippen LogP contribution < -0.4 is 10.2 Å². The molecular formula is C12H15FN2O2. The summed E-state index contributed by atoms with van der Waals surface area (Å²) in [7, 11) is 0. The molecular weight excluding hydrogens is 223 g/mol. The molecule has 1 fully saturated rings. The average molecular weight is 238 g/mol. The summed E-state index contributed by atoms with van der Waals surface area (Å²) in [6.45, 7) is 1.61. The summed E-state index contributed by atoms with van der Waals surface area (Å²) in [5.74, 6) is -1.08. The van der Waals surface area contributed by atoms with E-state index in [2.05, 4.69) is 10.2 Å². The third kappa shape index (κ3) is 3.17. The van der Waals surface area contributed by atoms with Crippen LogP contribution in [0.4, 0.5) is 10.1 Å².